The van der Waals surface area contributed by atoms with Gasteiger partial charge in [0, 0.05) is 17.3 Å². The molecule has 1 aliphatic heterocycles. The summed E-state index contributed by atoms with van der Waals surface area (Å²) in [7, 11) is 0. The Kier molecular flexibility index (Phi) is 5.42. The molecule has 4 nitrogen and oxygen atoms in total. The lowest BCUT2D eigenvalue weighted by Gasteiger charge is -2.35. The lowest BCUT2D eigenvalue weighted by molar-refractivity contribution is -0.119. The van der Waals surface area contributed by atoms with Crippen LogP contribution in [0.5, 0.6) is 0 Å². The van der Waals surface area contributed by atoms with Crippen LogP contribution in [0.25, 0.3) is 0 Å². The quantitative estimate of drug-likeness (QED) is 0.836. The van der Waals surface area contributed by atoms with Gasteiger partial charge in [-0.15, -0.1) is 0 Å². The van der Waals surface area contributed by atoms with Gasteiger partial charge in [0.05, 0.1) is 0 Å². The van der Waals surface area contributed by atoms with Gasteiger partial charge >= 0.3 is 0 Å². The highest BCUT2D eigenvalue weighted by Gasteiger charge is 2.32. The third-order valence-corrected chi connectivity index (χ3v) is 4.37. The monoisotopic (exact) mass is 358 g/mol. The number of carbonyl (C=O) groups excluding carboxylic acids is 2. The second-order valence-electron chi connectivity index (χ2n) is 6.90. The molecule has 0 aliphatic carbocycles. The molecule has 4 heteroatoms. The van der Waals surface area contributed by atoms with Crippen molar-refractivity contribution in [1.82, 2.24) is 10.2 Å². The number of hydrogen-bond donors (Lipinski definition) is 1. The molecule has 0 saturated carbocycles. The summed E-state index contributed by atoms with van der Waals surface area (Å²) in [5.74, 6) is 5.54. The van der Waals surface area contributed by atoms with Gasteiger partial charge in [-0.25, -0.2) is 0 Å². The molecule has 136 valence electrons. The summed E-state index contributed by atoms with van der Waals surface area (Å²) in [5.41, 5.74) is 2.81. The molecule has 0 bridgehead atoms. The van der Waals surface area contributed by atoms with Crippen molar-refractivity contribution in [3.05, 3.63) is 83.1 Å². The first-order valence-corrected chi connectivity index (χ1v) is 8.95. The normalized spacial score (nSPS) is 16.3. The number of carbonyl (C=O) groups is 2. The summed E-state index contributed by atoms with van der Waals surface area (Å²) < 4.78 is 0. The second kappa shape index (κ2) is 7.92. The van der Waals surface area contributed by atoms with Crippen molar-refractivity contribution < 1.29 is 9.59 Å². The van der Waals surface area contributed by atoms with Gasteiger partial charge in [0.15, 0.2) is 0 Å². The largest absolute Gasteiger partial charge is 0.331 e. The fraction of sp³-hybridized carbons (Fsp3) is 0.217. The van der Waals surface area contributed by atoms with Gasteiger partial charge < -0.3 is 5.32 Å². The van der Waals surface area contributed by atoms with Crippen LogP contribution in [0.2, 0.25) is 0 Å². The number of nitrogens with one attached hydrogen (secondary N) is 1. The summed E-state index contributed by atoms with van der Waals surface area (Å²) in [5, 5.41) is 2.91. The van der Waals surface area contributed by atoms with Crippen molar-refractivity contribution >= 4 is 11.8 Å². The molecule has 1 N–H and O–H groups in total. The number of benzene rings is 2. The van der Waals surface area contributed by atoms with Gasteiger partial charge in [-0.3, -0.25) is 14.5 Å². The van der Waals surface area contributed by atoms with Gasteiger partial charge in [0.1, 0.15) is 11.7 Å². The molecule has 1 aliphatic rings. The number of rotatable bonds is 2. The highest BCUT2D eigenvalue weighted by Crippen LogP contribution is 2.19. The molecule has 1 heterocycles. The first-order chi connectivity index (χ1) is 13.0. The zero-order valence-electron chi connectivity index (χ0n) is 15.7. The zero-order valence-corrected chi connectivity index (χ0v) is 15.7. The van der Waals surface area contributed by atoms with Crippen molar-refractivity contribution in [2.24, 2.45) is 5.92 Å². The van der Waals surface area contributed by atoms with E-state index < -0.39 is 6.17 Å². The molecule has 2 aromatic carbocycles. The standard InChI is InChI=1S/C23H22N2O2/c1-16(2)21-24-22(26)20(14-13-18-11-9-17(3)10-12-18)15-25(21)23(27)19-7-5-4-6-8-19/h4-12,15-16,21H,1-3H3,(H,24,26)/t21-/m0/s1. The molecule has 0 unspecified atom stereocenters. The summed E-state index contributed by atoms with van der Waals surface area (Å²) in [6.45, 7) is 5.94. The Bertz CT molecular complexity index is 932. The van der Waals surface area contributed by atoms with Crippen LogP contribution in [0.15, 0.2) is 66.4 Å². The van der Waals surface area contributed by atoms with Crippen molar-refractivity contribution in [3.63, 3.8) is 0 Å². The zero-order chi connectivity index (χ0) is 19.4. The van der Waals surface area contributed by atoms with Crippen molar-refractivity contribution in [1.29, 1.82) is 0 Å². The van der Waals surface area contributed by atoms with E-state index in [9.17, 15) is 9.59 Å². The molecular weight excluding hydrogens is 336 g/mol. The van der Waals surface area contributed by atoms with E-state index in [0.717, 1.165) is 11.1 Å². The average molecular weight is 358 g/mol. The maximum Gasteiger partial charge on any atom is 0.262 e. The topological polar surface area (TPSA) is 49.4 Å². The Hall–Kier alpha value is -3.32. The molecule has 2 aromatic rings. The lowest BCUT2D eigenvalue weighted by atomic mass is 10.0. The van der Waals surface area contributed by atoms with Crippen molar-refractivity contribution in [2.45, 2.75) is 26.9 Å². The number of hydrogen-bond acceptors (Lipinski definition) is 2. The minimum Gasteiger partial charge on any atom is -0.331 e. The molecule has 0 aromatic heterocycles. The number of nitrogens with zero attached hydrogens (tertiary/aromatic N) is 1. The van der Waals surface area contributed by atoms with Crippen LogP contribution in [0.1, 0.15) is 35.3 Å². The van der Waals surface area contributed by atoms with Gasteiger partial charge in [-0.05, 0) is 37.1 Å². The van der Waals surface area contributed by atoms with Crippen LogP contribution in [0.4, 0.5) is 0 Å². The summed E-state index contributed by atoms with van der Waals surface area (Å²) >= 11 is 0. The highest BCUT2D eigenvalue weighted by atomic mass is 16.2. The van der Waals surface area contributed by atoms with E-state index in [2.05, 4.69) is 17.2 Å². The van der Waals surface area contributed by atoms with Crippen LogP contribution in [-0.4, -0.2) is 22.9 Å². The van der Waals surface area contributed by atoms with Crippen LogP contribution < -0.4 is 5.32 Å². The Labute approximate surface area is 159 Å². The van der Waals surface area contributed by atoms with E-state index in [1.54, 1.807) is 23.2 Å². The number of aryl methyl sites for hydroxylation is 1. The SMILES string of the molecule is Cc1ccc(C#CC2=CN(C(=O)c3ccccc3)[C@@H](C(C)C)NC2=O)cc1. The van der Waals surface area contributed by atoms with Crippen LogP contribution >= 0.6 is 0 Å². The summed E-state index contributed by atoms with van der Waals surface area (Å²) in [4.78, 5) is 27.0. The highest BCUT2D eigenvalue weighted by molar-refractivity contribution is 6.02. The lowest BCUT2D eigenvalue weighted by Crippen LogP contribution is -2.54. The third-order valence-electron chi connectivity index (χ3n) is 4.37. The maximum absolute atomic E-state index is 13.0. The first kappa shape index (κ1) is 18.5. The summed E-state index contributed by atoms with van der Waals surface area (Å²) in [6.07, 6.45) is 1.16. The molecule has 0 saturated heterocycles. The first-order valence-electron chi connectivity index (χ1n) is 8.95. The molecule has 3 rings (SSSR count). The molecule has 0 radical (unpaired) electrons. The minimum atomic E-state index is -0.407. The fourth-order valence-corrected chi connectivity index (χ4v) is 2.83. The van der Waals surface area contributed by atoms with Gasteiger partial charge in [0.2, 0.25) is 0 Å². The predicted octanol–water partition coefficient (Wildman–Crippen LogP) is 3.48. The Balaban J connectivity index is 1.95. The van der Waals surface area contributed by atoms with E-state index in [4.69, 9.17) is 0 Å². The van der Waals surface area contributed by atoms with Crippen LogP contribution in [0, 0.1) is 24.7 Å². The van der Waals surface area contributed by atoms with Gasteiger partial charge in [0.25, 0.3) is 11.8 Å². The van der Waals surface area contributed by atoms with E-state index in [1.807, 2.05) is 63.2 Å². The Morgan fingerprint density at radius 2 is 1.70 bits per heavy atom. The maximum atomic E-state index is 13.0. The second-order valence-corrected chi connectivity index (χ2v) is 6.90. The van der Waals surface area contributed by atoms with E-state index >= 15 is 0 Å². The smallest absolute Gasteiger partial charge is 0.262 e. The van der Waals surface area contributed by atoms with Crippen LogP contribution in [0.3, 0.4) is 0 Å². The molecule has 27 heavy (non-hydrogen) atoms. The van der Waals surface area contributed by atoms with E-state index in [0.29, 0.717) is 5.56 Å². The van der Waals surface area contributed by atoms with Gasteiger partial charge in [-0.2, -0.15) is 0 Å². The minimum absolute atomic E-state index is 0.0597. The third kappa shape index (κ3) is 4.27. The van der Waals surface area contributed by atoms with Crippen LogP contribution in [-0.2, 0) is 4.79 Å². The summed E-state index contributed by atoms with van der Waals surface area (Å²) in [6, 6.07) is 16.8. The molecule has 2 amide bonds. The van der Waals surface area contributed by atoms with E-state index in [1.165, 1.54) is 0 Å². The van der Waals surface area contributed by atoms with Crippen molar-refractivity contribution in [2.75, 3.05) is 0 Å². The average Bonchev–Trinajstić information content (AvgIpc) is 2.68. The molecule has 1 atom stereocenters. The predicted molar refractivity (Wildman–Crippen MR) is 106 cm³/mol. The Morgan fingerprint density at radius 3 is 2.33 bits per heavy atom. The number of amides is 2. The molecule has 0 spiro atoms. The van der Waals surface area contributed by atoms with E-state index in [-0.39, 0.29) is 23.3 Å². The van der Waals surface area contributed by atoms with Crippen molar-refractivity contribution in [3.8, 4) is 11.8 Å². The molecular formula is C23H22N2O2. The molecule has 0 fully saturated rings. The fourth-order valence-electron chi connectivity index (χ4n) is 2.83. The Morgan fingerprint density at radius 1 is 1.04 bits per heavy atom. The van der Waals surface area contributed by atoms with Gasteiger partial charge in [-0.1, -0.05) is 61.6 Å².